The van der Waals surface area contributed by atoms with Crippen molar-refractivity contribution >= 4 is 6.03 Å². The van der Waals surface area contributed by atoms with E-state index in [2.05, 4.69) is 44.4 Å². The van der Waals surface area contributed by atoms with Crippen LogP contribution in [-0.2, 0) is 0 Å². The normalized spacial score (nSPS) is 23.2. The van der Waals surface area contributed by atoms with Gasteiger partial charge in [-0.3, -0.25) is 0 Å². The van der Waals surface area contributed by atoms with Gasteiger partial charge in [-0.2, -0.15) is 0 Å². The molecule has 1 aromatic carbocycles. The van der Waals surface area contributed by atoms with Crippen molar-refractivity contribution < 1.29 is 4.79 Å². The number of amides is 2. The van der Waals surface area contributed by atoms with Gasteiger partial charge in [0.05, 0.1) is 12.1 Å². The van der Waals surface area contributed by atoms with Crippen molar-refractivity contribution in [2.24, 2.45) is 5.92 Å². The molecule has 2 amide bonds. The highest BCUT2D eigenvalue weighted by atomic mass is 16.2. The van der Waals surface area contributed by atoms with Crippen LogP contribution in [0.25, 0.3) is 0 Å². The molecule has 0 unspecified atom stereocenters. The van der Waals surface area contributed by atoms with Gasteiger partial charge in [-0.05, 0) is 31.2 Å². The number of rotatable bonds is 6. The van der Waals surface area contributed by atoms with Crippen LogP contribution in [0.3, 0.4) is 0 Å². The predicted molar refractivity (Wildman–Crippen MR) is 91.7 cm³/mol. The topological polar surface area (TPSA) is 23.6 Å². The number of benzene rings is 1. The van der Waals surface area contributed by atoms with Gasteiger partial charge in [0.2, 0.25) is 0 Å². The molecule has 0 N–H and O–H groups in total. The summed E-state index contributed by atoms with van der Waals surface area (Å²) in [5, 5.41) is 0. The molecule has 0 aliphatic carbocycles. The molecule has 1 heterocycles. The van der Waals surface area contributed by atoms with Crippen molar-refractivity contribution in [2.75, 3.05) is 7.05 Å². The van der Waals surface area contributed by atoms with E-state index in [1.54, 1.807) is 0 Å². The van der Waals surface area contributed by atoms with Crippen molar-refractivity contribution in [2.45, 2.75) is 51.7 Å². The fraction of sp³-hybridized carbons (Fsp3) is 0.526. The van der Waals surface area contributed by atoms with Gasteiger partial charge in [0.1, 0.15) is 0 Å². The molecule has 1 aliphatic rings. The second kappa shape index (κ2) is 6.99. The maximum Gasteiger partial charge on any atom is 0.320 e. The Hall–Kier alpha value is -1.77. The van der Waals surface area contributed by atoms with Gasteiger partial charge >= 0.3 is 6.03 Å². The first-order valence-corrected chi connectivity index (χ1v) is 8.18. The third-order valence-corrected chi connectivity index (χ3v) is 4.61. The smallest absolute Gasteiger partial charge is 0.320 e. The molecule has 0 spiro atoms. The summed E-state index contributed by atoms with van der Waals surface area (Å²) in [5.74, 6) is 0.551. The number of hydrogen-bond donors (Lipinski definition) is 0. The third kappa shape index (κ3) is 3.18. The molecule has 1 fully saturated rings. The minimum Gasteiger partial charge on any atom is -0.323 e. The van der Waals surface area contributed by atoms with Crippen LogP contribution in [0.15, 0.2) is 43.0 Å². The summed E-state index contributed by atoms with van der Waals surface area (Å²) < 4.78 is 0. The lowest BCUT2D eigenvalue weighted by Gasteiger charge is -2.34. The van der Waals surface area contributed by atoms with Crippen molar-refractivity contribution in [3.63, 3.8) is 0 Å². The maximum atomic E-state index is 12.8. The van der Waals surface area contributed by atoms with Gasteiger partial charge in [-0.25, -0.2) is 4.79 Å². The maximum absolute atomic E-state index is 12.8. The van der Waals surface area contributed by atoms with E-state index in [1.807, 2.05) is 36.2 Å². The monoisotopic (exact) mass is 300 g/mol. The minimum absolute atomic E-state index is 0.113. The lowest BCUT2D eigenvalue weighted by molar-refractivity contribution is 0.156. The zero-order chi connectivity index (χ0) is 16.3. The Morgan fingerprint density at radius 3 is 2.45 bits per heavy atom. The molecule has 120 valence electrons. The van der Waals surface area contributed by atoms with Crippen LogP contribution < -0.4 is 0 Å². The Labute approximate surface area is 134 Å². The molecular weight excluding hydrogens is 272 g/mol. The van der Waals surface area contributed by atoms with Crippen molar-refractivity contribution in [3.8, 4) is 0 Å². The molecule has 1 aromatic rings. The molecular formula is C19H28N2O. The molecule has 1 aliphatic heterocycles. The number of nitrogens with zero attached hydrogens (tertiary/aromatic N) is 2. The highest BCUT2D eigenvalue weighted by molar-refractivity contribution is 5.78. The average Bonchev–Trinajstić information content (AvgIpc) is 2.71. The fourth-order valence-electron chi connectivity index (χ4n) is 3.45. The van der Waals surface area contributed by atoms with Crippen LogP contribution in [0.4, 0.5) is 4.79 Å². The average molecular weight is 300 g/mol. The Balaban J connectivity index is 2.39. The van der Waals surface area contributed by atoms with Crippen molar-refractivity contribution in [1.82, 2.24) is 9.80 Å². The second-order valence-corrected chi connectivity index (χ2v) is 6.70. The van der Waals surface area contributed by atoms with E-state index in [9.17, 15) is 4.79 Å². The summed E-state index contributed by atoms with van der Waals surface area (Å²) >= 11 is 0. The van der Waals surface area contributed by atoms with E-state index < -0.39 is 0 Å². The highest BCUT2D eigenvalue weighted by Gasteiger charge is 2.44. The zero-order valence-electron chi connectivity index (χ0n) is 14.2. The molecule has 22 heavy (non-hydrogen) atoms. The standard InChI is InChI=1S/C19H28N2O/c1-6-10-17(13-14(2)3)21-18(15(4)20(5)19(21)22)16-11-8-7-9-12-16/h6-9,11-12,14-15,17-18H,1,10,13H2,2-5H3/t15-,17+,18-/m0/s1. The molecule has 3 atom stereocenters. The Bertz CT molecular complexity index is 511. The van der Waals surface area contributed by atoms with Crippen LogP contribution in [0.2, 0.25) is 0 Å². The minimum atomic E-state index is 0.113. The summed E-state index contributed by atoms with van der Waals surface area (Å²) in [6.07, 6.45) is 3.78. The van der Waals surface area contributed by atoms with Crippen molar-refractivity contribution in [1.29, 1.82) is 0 Å². The molecule has 0 bridgehead atoms. The van der Waals surface area contributed by atoms with E-state index in [0.29, 0.717) is 5.92 Å². The second-order valence-electron chi connectivity index (χ2n) is 6.70. The van der Waals surface area contributed by atoms with Crippen LogP contribution >= 0.6 is 0 Å². The number of carbonyl (C=O) groups is 1. The molecule has 3 heteroatoms. The van der Waals surface area contributed by atoms with E-state index in [1.165, 1.54) is 5.56 Å². The Morgan fingerprint density at radius 1 is 1.27 bits per heavy atom. The lowest BCUT2D eigenvalue weighted by Crippen LogP contribution is -2.40. The number of urea groups is 1. The van der Waals surface area contributed by atoms with Gasteiger partial charge in [-0.1, -0.05) is 50.3 Å². The van der Waals surface area contributed by atoms with Crippen molar-refractivity contribution in [3.05, 3.63) is 48.6 Å². The molecule has 1 saturated heterocycles. The van der Waals surface area contributed by atoms with E-state index in [4.69, 9.17) is 0 Å². The first-order chi connectivity index (χ1) is 10.5. The first kappa shape index (κ1) is 16.6. The van der Waals surface area contributed by atoms with Gasteiger partial charge in [0, 0.05) is 13.1 Å². The zero-order valence-corrected chi connectivity index (χ0v) is 14.2. The van der Waals surface area contributed by atoms with Gasteiger partial charge < -0.3 is 9.80 Å². The van der Waals surface area contributed by atoms with Crippen LogP contribution in [0.5, 0.6) is 0 Å². The van der Waals surface area contributed by atoms with Gasteiger partial charge in [0.25, 0.3) is 0 Å². The Kier molecular flexibility index (Phi) is 5.28. The highest BCUT2D eigenvalue weighted by Crippen LogP contribution is 2.38. The van der Waals surface area contributed by atoms with Gasteiger partial charge in [-0.15, -0.1) is 6.58 Å². The van der Waals surface area contributed by atoms with E-state index >= 15 is 0 Å². The summed E-state index contributed by atoms with van der Waals surface area (Å²) in [4.78, 5) is 16.8. The largest absolute Gasteiger partial charge is 0.323 e. The summed E-state index contributed by atoms with van der Waals surface area (Å²) in [5.41, 5.74) is 1.21. The fourth-order valence-corrected chi connectivity index (χ4v) is 3.45. The number of likely N-dealkylation sites (N-methyl/N-ethyl adjacent to an activating group) is 1. The molecule has 2 rings (SSSR count). The van der Waals surface area contributed by atoms with Crippen LogP contribution in [0, 0.1) is 5.92 Å². The number of carbonyl (C=O) groups excluding carboxylic acids is 1. The summed E-state index contributed by atoms with van der Waals surface area (Å²) in [6.45, 7) is 10.4. The third-order valence-electron chi connectivity index (χ3n) is 4.61. The molecule has 0 aromatic heterocycles. The summed E-state index contributed by atoms with van der Waals surface area (Å²) in [7, 11) is 1.91. The van der Waals surface area contributed by atoms with Crippen LogP contribution in [-0.4, -0.2) is 35.0 Å². The van der Waals surface area contributed by atoms with Gasteiger partial charge in [0.15, 0.2) is 0 Å². The first-order valence-electron chi connectivity index (χ1n) is 8.18. The molecule has 0 radical (unpaired) electrons. The van der Waals surface area contributed by atoms with E-state index in [0.717, 1.165) is 12.8 Å². The molecule has 3 nitrogen and oxygen atoms in total. The number of hydrogen-bond acceptors (Lipinski definition) is 1. The SMILES string of the molecule is C=CC[C@H](CC(C)C)N1C(=O)N(C)[C@@H](C)[C@H]1c1ccccc1. The quantitative estimate of drug-likeness (QED) is 0.711. The molecule has 0 saturated carbocycles. The van der Waals surface area contributed by atoms with E-state index in [-0.39, 0.29) is 24.2 Å². The predicted octanol–water partition coefficient (Wildman–Crippen LogP) is 4.47. The van der Waals surface area contributed by atoms with Crippen LogP contribution in [0.1, 0.15) is 45.2 Å². The Morgan fingerprint density at radius 2 is 1.91 bits per heavy atom. The summed E-state index contributed by atoms with van der Waals surface area (Å²) in [6, 6.07) is 11.0. The lowest BCUT2D eigenvalue weighted by atomic mass is 9.94.